The van der Waals surface area contributed by atoms with Gasteiger partial charge in [-0.05, 0) is 25.0 Å². The van der Waals surface area contributed by atoms with E-state index in [1.807, 2.05) is 0 Å². The standard InChI is InChI=1S/C10H20N2O/c1-9(6-11)7-12-5-3-2-4-10(12)8-13/h10,13H,1-8,11H2. The second kappa shape index (κ2) is 5.37. The van der Waals surface area contributed by atoms with Crippen LogP contribution < -0.4 is 5.73 Å². The molecule has 3 nitrogen and oxygen atoms in total. The summed E-state index contributed by atoms with van der Waals surface area (Å²) in [6.45, 7) is 6.62. The summed E-state index contributed by atoms with van der Waals surface area (Å²) >= 11 is 0. The van der Waals surface area contributed by atoms with Crippen molar-refractivity contribution in [2.24, 2.45) is 5.73 Å². The number of aliphatic hydroxyl groups excluding tert-OH is 1. The van der Waals surface area contributed by atoms with Gasteiger partial charge in [0.05, 0.1) is 6.61 Å². The van der Waals surface area contributed by atoms with Crippen LogP contribution in [0.1, 0.15) is 19.3 Å². The lowest BCUT2D eigenvalue weighted by molar-refractivity contribution is 0.0985. The average Bonchev–Trinajstić information content (AvgIpc) is 2.18. The molecule has 0 aromatic carbocycles. The second-order valence-electron chi connectivity index (χ2n) is 3.76. The van der Waals surface area contributed by atoms with Gasteiger partial charge in [0.15, 0.2) is 0 Å². The summed E-state index contributed by atoms with van der Waals surface area (Å²) in [5.41, 5.74) is 6.54. The summed E-state index contributed by atoms with van der Waals surface area (Å²) in [5, 5.41) is 9.14. The molecule has 76 valence electrons. The molecule has 3 N–H and O–H groups in total. The van der Waals surface area contributed by atoms with Crippen LogP contribution >= 0.6 is 0 Å². The lowest BCUT2D eigenvalue weighted by atomic mass is 10.0. The van der Waals surface area contributed by atoms with E-state index in [-0.39, 0.29) is 6.61 Å². The zero-order valence-corrected chi connectivity index (χ0v) is 8.21. The maximum atomic E-state index is 9.14. The van der Waals surface area contributed by atoms with Gasteiger partial charge in [-0.2, -0.15) is 0 Å². The fourth-order valence-electron chi connectivity index (χ4n) is 1.83. The molecule has 0 bridgehead atoms. The van der Waals surface area contributed by atoms with Gasteiger partial charge in [-0.3, -0.25) is 4.90 Å². The predicted molar refractivity (Wildman–Crippen MR) is 54.5 cm³/mol. The Labute approximate surface area is 80.2 Å². The van der Waals surface area contributed by atoms with Gasteiger partial charge in [0.2, 0.25) is 0 Å². The van der Waals surface area contributed by atoms with E-state index < -0.39 is 0 Å². The average molecular weight is 184 g/mol. The Bertz CT molecular complexity index is 170. The number of hydrogen-bond acceptors (Lipinski definition) is 3. The maximum absolute atomic E-state index is 9.14. The fraction of sp³-hybridized carbons (Fsp3) is 0.800. The van der Waals surface area contributed by atoms with Crippen molar-refractivity contribution in [3.63, 3.8) is 0 Å². The molecule has 1 rings (SSSR count). The molecule has 1 unspecified atom stereocenters. The van der Waals surface area contributed by atoms with Crippen LogP contribution in [0.2, 0.25) is 0 Å². The highest BCUT2D eigenvalue weighted by molar-refractivity contribution is 5.00. The molecular weight excluding hydrogens is 164 g/mol. The predicted octanol–water partition coefficient (Wildman–Crippen LogP) is 0.348. The van der Waals surface area contributed by atoms with Crippen LogP contribution in [0.4, 0.5) is 0 Å². The van der Waals surface area contributed by atoms with Crippen molar-refractivity contribution in [3.05, 3.63) is 12.2 Å². The first-order valence-electron chi connectivity index (χ1n) is 4.99. The summed E-state index contributed by atoms with van der Waals surface area (Å²) in [5.74, 6) is 0. The molecule has 0 spiro atoms. The summed E-state index contributed by atoms with van der Waals surface area (Å²) in [6, 6.07) is 0.331. The molecule has 0 aromatic rings. The molecule has 1 saturated heterocycles. The molecule has 1 aliphatic heterocycles. The Morgan fingerprint density at radius 2 is 2.31 bits per heavy atom. The Hall–Kier alpha value is -0.380. The normalized spacial score (nSPS) is 24.6. The zero-order chi connectivity index (χ0) is 9.68. The summed E-state index contributed by atoms with van der Waals surface area (Å²) in [6.07, 6.45) is 3.57. The van der Waals surface area contributed by atoms with Crippen LogP contribution in [0.15, 0.2) is 12.2 Å². The van der Waals surface area contributed by atoms with Crippen molar-refractivity contribution < 1.29 is 5.11 Å². The third kappa shape index (κ3) is 3.10. The van der Waals surface area contributed by atoms with E-state index in [1.54, 1.807) is 0 Å². The minimum absolute atomic E-state index is 0.262. The molecule has 0 radical (unpaired) electrons. The molecule has 1 heterocycles. The van der Waals surface area contributed by atoms with Gasteiger partial charge >= 0.3 is 0 Å². The number of likely N-dealkylation sites (tertiary alicyclic amines) is 1. The number of rotatable bonds is 4. The number of nitrogens with two attached hydrogens (primary N) is 1. The van der Waals surface area contributed by atoms with Gasteiger partial charge in [0.25, 0.3) is 0 Å². The van der Waals surface area contributed by atoms with Crippen molar-refractivity contribution in [1.29, 1.82) is 0 Å². The van der Waals surface area contributed by atoms with E-state index in [1.165, 1.54) is 12.8 Å². The Morgan fingerprint density at radius 1 is 1.54 bits per heavy atom. The minimum Gasteiger partial charge on any atom is -0.395 e. The second-order valence-corrected chi connectivity index (χ2v) is 3.76. The van der Waals surface area contributed by atoms with Gasteiger partial charge in [-0.1, -0.05) is 13.0 Å². The van der Waals surface area contributed by atoms with Crippen molar-refractivity contribution in [1.82, 2.24) is 4.90 Å². The van der Waals surface area contributed by atoms with Crippen LogP contribution in [-0.4, -0.2) is 42.3 Å². The number of hydrogen-bond donors (Lipinski definition) is 2. The van der Waals surface area contributed by atoms with E-state index in [0.29, 0.717) is 12.6 Å². The van der Waals surface area contributed by atoms with Crippen LogP contribution in [0, 0.1) is 0 Å². The van der Waals surface area contributed by atoms with Crippen LogP contribution in [-0.2, 0) is 0 Å². The highest BCUT2D eigenvalue weighted by atomic mass is 16.3. The Balaban J connectivity index is 2.40. The highest BCUT2D eigenvalue weighted by Gasteiger charge is 2.21. The van der Waals surface area contributed by atoms with E-state index in [9.17, 15) is 0 Å². The molecule has 0 aliphatic carbocycles. The summed E-state index contributed by atoms with van der Waals surface area (Å²) in [4.78, 5) is 2.29. The number of nitrogens with zero attached hydrogens (tertiary/aromatic N) is 1. The zero-order valence-electron chi connectivity index (χ0n) is 8.21. The number of aliphatic hydroxyl groups is 1. The molecule has 0 amide bonds. The van der Waals surface area contributed by atoms with Crippen molar-refractivity contribution in [2.75, 3.05) is 26.2 Å². The first kappa shape index (κ1) is 10.7. The third-order valence-electron chi connectivity index (χ3n) is 2.68. The van der Waals surface area contributed by atoms with E-state index in [2.05, 4.69) is 11.5 Å². The first-order valence-corrected chi connectivity index (χ1v) is 4.99. The molecule has 0 saturated carbocycles. The third-order valence-corrected chi connectivity index (χ3v) is 2.68. The van der Waals surface area contributed by atoms with Crippen molar-refractivity contribution in [2.45, 2.75) is 25.3 Å². The fourth-order valence-corrected chi connectivity index (χ4v) is 1.83. The Morgan fingerprint density at radius 3 is 2.92 bits per heavy atom. The largest absolute Gasteiger partial charge is 0.395 e. The summed E-state index contributed by atoms with van der Waals surface area (Å²) < 4.78 is 0. The molecule has 13 heavy (non-hydrogen) atoms. The van der Waals surface area contributed by atoms with Crippen molar-refractivity contribution in [3.8, 4) is 0 Å². The molecular formula is C10H20N2O. The molecule has 0 aromatic heterocycles. The number of piperidine rings is 1. The SMILES string of the molecule is C=C(CN)CN1CCCCC1CO. The van der Waals surface area contributed by atoms with Gasteiger partial charge < -0.3 is 10.8 Å². The maximum Gasteiger partial charge on any atom is 0.0586 e. The smallest absolute Gasteiger partial charge is 0.0586 e. The highest BCUT2D eigenvalue weighted by Crippen LogP contribution is 2.17. The van der Waals surface area contributed by atoms with Crippen LogP contribution in [0.5, 0.6) is 0 Å². The van der Waals surface area contributed by atoms with Gasteiger partial charge in [-0.25, -0.2) is 0 Å². The molecule has 1 aliphatic rings. The molecule has 1 fully saturated rings. The lowest BCUT2D eigenvalue weighted by Gasteiger charge is -2.34. The van der Waals surface area contributed by atoms with Gasteiger partial charge in [0, 0.05) is 19.1 Å². The van der Waals surface area contributed by atoms with E-state index >= 15 is 0 Å². The molecule has 1 atom stereocenters. The lowest BCUT2D eigenvalue weighted by Crippen LogP contribution is -2.43. The first-order chi connectivity index (χ1) is 6.27. The topological polar surface area (TPSA) is 49.5 Å². The monoisotopic (exact) mass is 184 g/mol. The quantitative estimate of drug-likeness (QED) is 0.620. The van der Waals surface area contributed by atoms with Gasteiger partial charge in [0.1, 0.15) is 0 Å². The minimum atomic E-state index is 0.262. The van der Waals surface area contributed by atoms with E-state index in [0.717, 1.165) is 25.1 Å². The Kier molecular flexibility index (Phi) is 4.42. The van der Waals surface area contributed by atoms with Crippen molar-refractivity contribution >= 4 is 0 Å². The van der Waals surface area contributed by atoms with Crippen LogP contribution in [0.25, 0.3) is 0 Å². The molecule has 3 heteroatoms. The van der Waals surface area contributed by atoms with Gasteiger partial charge in [-0.15, -0.1) is 0 Å². The van der Waals surface area contributed by atoms with Crippen LogP contribution in [0.3, 0.4) is 0 Å². The summed E-state index contributed by atoms with van der Waals surface area (Å²) in [7, 11) is 0. The van der Waals surface area contributed by atoms with E-state index in [4.69, 9.17) is 10.8 Å².